The van der Waals surface area contributed by atoms with Crippen LogP contribution in [0.1, 0.15) is 78.9 Å². The number of nitrogens with one attached hydrogen (secondary N) is 1. The molecule has 2 bridgehead atoms. The number of hydrogen-bond donors (Lipinski definition) is 3. The van der Waals surface area contributed by atoms with E-state index in [0.29, 0.717) is 19.4 Å². The van der Waals surface area contributed by atoms with Crippen molar-refractivity contribution in [2.24, 2.45) is 5.92 Å². The Kier molecular flexibility index (Phi) is 9.04. The molecule has 0 aromatic heterocycles. The molecule has 47 heavy (non-hydrogen) atoms. The van der Waals surface area contributed by atoms with Gasteiger partial charge in [-0.05, 0) is 91.1 Å². The number of amides is 1. The summed E-state index contributed by atoms with van der Waals surface area (Å²) < 4.78 is 27.8. The van der Waals surface area contributed by atoms with E-state index in [-0.39, 0.29) is 42.1 Å². The maximum atomic E-state index is 13.4. The van der Waals surface area contributed by atoms with Gasteiger partial charge in [0.2, 0.25) is 0 Å². The minimum atomic E-state index is -1.37. The maximum Gasteiger partial charge on any atom is 0.509 e. The molecule has 4 aliphatic rings. The molecule has 1 aromatic rings. The van der Waals surface area contributed by atoms with Crippen LogP contribution in [0.3, 0.4) is 0 Å². The molecule has 0 radical (unpaired) electrons. The fraction of sp³-hybridized carbons (Fsp3) is 0.647. The summed E-state index contributed by atoms with van der Waals surface area (Å²) in [4.78, 5) is 53.6. The van der Waals surface area contributed by atoms with Gasteiger partial charge in [-0.15, -0.1) is 0 Å². The molecule has 1 saturated heterocycles. The summed E-state index contributed by atoms with van der Waals surface area (Å²) >= 11 is 0. The van der Waals surface area contributed by atoms with E-state index in [1.165, 1.54) is 13.8 Å². The van der Waals surface area contributed by atoms with Gasteiger partial charge in [0.1, 0.15) is 17.4 Å². The third kappa shape index (κ3) is 6.15. The number of aliphatic hydroxyl groups is 1. The van der Waals surface area contributed by atoms with Crippen LogP contribution in [0.4, 0.5) is 4.79 Å². The Balaban J connectivity index is 1.28. The summed E-state index contributed by atoms with van der Waals surface area (Å²) in [6.45, 7) is 12.0. The van der Waals surface area contributed by atoms with E-state index in [1.54, 1.807) is 32.9 Å². The van der Waals surface area contributed by atoms with Gasteiger partial charge in [-0.25, -0.2) is 14.4 Å². The van der Waals surface area contributed by atoms with E-state index in [0.717, 1.165) is 11.1 Å². The summed E-state index contributed by atoms with van der Waals surface area (Å²) in [5, 5.41) is 25.6. The van der Waals surface area contributed by atoms with Crippen LogP contribution in [0.2, 0.25) is 0 Å². The number of phenols is 1. The summed E-state index contributed by atoms with van der Waals surface area (Å²) in [5.41, 5.74) is -1.26. The third-order valence-corrected chi connectivity index (χ3v) is 9.54. The zero-order valence-corrected chi connectivity index (χ0v) is 28.2. The minimum absolute atomic E-state index is 0.0427. The molecule has 5 rings (SSSR count). The monoisotopic (exact) mass is 658 g/mol. The van der Waals surface area contributed by atoms with Crippen LogP contribution in [0.5, 0.6) is 11.5 Å². The van der Waals surface area contributed by atoms with Crippen LogP contribution < -0.4 is 10.1 Å². The number of benzene rings is 1. The van der Waals surface area contributed by atoms with E-state index >= 15 is 0 Å². The average molecular weight is 659 g/mol. The number of carbonyl (C=O) groups is 4. The topological polar surface area (TPSA) is 170 Å². The highest BCUT2D eigenvalue weighted by Gasteiger charge is 2.72. The predicted molar refractivity (Wildman–Crippen MR) is 166 cm³/mol. The summed E-state index contributed by atoms with van der Waals surface area (Å²) in [5.74, 6) is -2.10. The highest BCUT2D eigenvalue weighted by molar-refractivity contribution is 5.89. The van der Waals surface area contributed by atoms with Gasteiger partial charge >= 0.3 is 18.1 Å². The number of nitrogens with zero attached hydrogens (tertiary/aromatic N) is 1. The number of esters is 2. The molecule has 1 aromatic carbocycles. The van der Waals surface area contributed by atoms with Crippen LogP contribution >= 0.6 is 0 Å². The molecular weight excluding hydrogens is 612 g/mol. The molecule has 2 aliphatic carbocycles. The standard InChI is InChI=1S/C34H46N2O11/c1-17(2)15-21(35-28(38)18(3)44-31(41)47-32(5,6)7)30(40)43-19(4)29(39)45-23-11-12-34(42)24-16-20-9-10-22(37)26-25(20)33(34,27(23)46-26)13-14-36(24)8/h9-11,17-19,21,24,27,37,42H,12-16H2,1-8H3,(H,35,38)/t18-,19-,21?,24-,27-,33-,34+/m0/s1. The Hall–Kier alpha value is -3.84. The highest BCUT2D eigenvalue weighted by Crippen LogP contribution is 2.65. The number of piperidine rings is 1. The van der Waals surface area contributed by atoms with Gasteiger partial charge in [-0.3, -0.25) is 4.79 Å². The highest BCUT2D eigenvalue weighted by atomic mass is 16.7. The van der Waals surface area contributed by atoms with Crippen molar-refractivity contribution in [1.82, 2.24) is 10.2 Å². The van der Waals surface area contributed by atoms with Crippen molar-refractivity contribution in [3.8, 4) is 11.5 Å². The Morgan fingerprint density at radius 3 is 2.45 bits per heavy atom. The molecule has 2 heterocycles. The second-order valence-corrected chi connectivity index (χ2v) is 14.5. The van der Waals surface area contributed by atoms with Crippen LogP contribution in [-0.2, 0) is 45.2 Å². The molecule has 0 saturated carbocycles. The number of carbonyl (C=O) groups excluding carboxylic acids is 4. The minimum Gasteiger partial charge on any atom is -0.504 e. The average Bonchev–Trinajstić information content (AvgIpc) is 3.32. The van der Waals surface area contributed by atoms with Crippen LogP contribution in [-0.4, -0.2) is 94.3 Å². The lowest BCUT2D eigenvalue weighted by Crippen LogP contribution is -2.74. The Labute approximate surface area is 274 Å². The maximum absolute atomic E-state index is 13.4. The van der Waals surface area contributed by atoms with E-state index < -0.39 is 65.0 Å². The summed E-state index contributed by atoms with van der Waals surface area (Å²) in [6, 6.07) is 2.09. The quantitative estimate of drug-likeness (QED) is 0.262. The Bertz CT molecular complexity index is 1480. The van der Waals surface area contributed by atoms with E-state index in [9.17, 15) is 29.4 Å². The number of rotatable bonds is 9. The molecule has 13 heteroatoms. The van der Waals surface area contributed by atoms with Gasteiger partial charge in [0.05, 0.1) is 11.0 Å². The van der Waals surface area contributed by atoms with Gasteiger partial charge in [-0.1, -0.05) is 19.9 Å². The van der Waals surface area contributed by atoms with Crippen LogP contribution in [0.25, 0.3) is 0 Å². The number of hydrogen-bond acceptors (Lipinski definition) is 12. The van der Waals surface area contributed by atoms with Gasteiger partial charge in [0, 0.05) is 18.0 Å². The number of aromatic hydroxyl groups is 1. The molecular formula is C34H46N2O11. The first kappa shape index (κ1) is 34.5. The first-order valence-corrected chi connectivity index (χ1v) is 16.1. The lowest BCUT2D eigenvalue weighted by molar-refractivity contribution is -0.176. The lowest BCUT2D eigenvalue weighted by atomic mass is 9.50. The van der Waals surface area contributed by atoms with E-state index in [4.69, 9.17) is 23.7 Å². The number of ether oxygens (including phenoxy) is 5. The van der Waals surface area contributed by atoms with E-state index in [1.807, 2.05) is 27.0 Å². The van der Waals surface area contributed by atoms with Crippen molar-refractivity contribution in [1.29, 1.82) is 0 Å². The molecule has 2 aliphatic heterocycles. The Morgan fingerprint density at radius 2 is 1.79 bits per heavy atom. The predicted octanol–water partition coefficient (Wildman–Crippen LogP) is 3.02. The van der Waals surface area contributed by atoms with Crippen molar-refractivity contribution in [2.45, 2.75) is 121 Å². The van der Waals surface area contributed by atoms with Gasteiger partial charge in [-0.2, -0.15) is 0 Å². The first-order valence-electron chi connectivity index (χ1n) is 16.1. The smallest absolute Gasteiger partial charge is 0.504 e. The van der Waals surface area contributed by atoms with Crippen molar-refractivity contribution in [2.75, 3.05) is 13.6 Å². The van der Waals surface area contributed by atoms with E-state index in [2.05, 4.69) is 10.2 Å². The second-order valence-electron chi connectivity index (χ2n) is 14.5. The van der Waals surface area contributed by atoms with Crippen LogP contribution in [0.15, 0.2) is 24.0 Å². The SMILES string of the molecule is CC(C)CC(NC(=O)[C@H](C)OC(=O)OC(C)(C)C)C(=O)O[C@@H](C)C(=O)OC1=CC[C@@]2(O)[C@@H]3Cc4ccc(O)c5c4[C@@]2(CCN3C)[C@H]1O5. The van der Waals surface area contributed by atoms with Crippen molar-refractivity contribution in [3.05, 3.63) is 35.1 Å². The van der Waals surface area contributed by atoms with Gasteiger partial charge in [0.15, 0.2) is 29.8 Å². The second kappa shape index (κ2) is 12.3. The van der Waals surface area contributed by atoms with Gasteiger partial charge in [0.25, 0.3) is 5.91 Å². The fourth-order valence-corrected chi connectivity index (χ4v) is 7.39. The van der Waals surface area contributed by atoms with Gasteiger partial charge < -0.3 is 44.1 Å². The first-order chi connectivity index (χ1) is 21.9. The zero-order valence-electron chi connectivity index (χ0n) is 28.2. The molecule has 1 unspecified atom stereocenters. The molecule has 1 fully saturated rings. The Morgan fingerprint density at radius 1 is 1.09 bits per heavy atom. The lowest BCUT2D eigenvalue weighted by Gasteiger charge is -2.61. The zero-order chi connectivity index (χ0) is 34.6. The normalized spacial score (nSPS) is 27.7. The molecule has 258 valence electrons. The summed E-state index contributed by atoms with van der Waals surface area (Å²) in [7, 11) is 1.98. The number of phenolic OH excluding ortho intramolecular Hbond substituents is 1. The third-order valence-electron chi connectivity index (χ3n) is 9.54. The number of likely N-dealkylation sites (tertiary alicyclic amines) is 1. The molecule has 3 N–H and O–H groups in total. The van der Waals surface area contributed by atoms with Crippen molar-refractivity contribution < 1.29 is 53.1 Å². The fourth-order valence-electron chi connectivity index (χ4n) is 7.39. The molecule has 7 atom stereocenters. The van der Waals surface area contributed by atoms with Crippen molar-refractivity contribution in [3.63, 3.8) is 0 Å². The van der Waals surface area contributed by atoms with Crippen molar-refractivity contribution >= 4 is 24.0 Å². The summed E-state index contributed by atoms with van der Waals surface area (Å²) in [6.07, 6.45) is -1.42. The number of likely N-dealkylation sites (N-methyl/N-ethyl adjacent to an activating group) is 1. The molecule has 1 amide bonds. The molecule has 13 nitrogen and oxygen atoms in total. The van der Waals surface area contributed by atoms with Crippen LogP contribution in [0, 0.1) is 5.92 Å². The largest absolute Gasteiger partial charge is 0.509 e. The molecule has 1 spiro atoms.